The molecule has 4 nitrogen and oxygen atoms in total. The Morgan fingerprint density at radius 3 is 2.43 bits per heavy atom. The van der Waals surface area contributed by atoms with Crippen molar-refractivity contribution in [2.75, 3.05) is 12.4 Å². The van der Waals surface area contributed by atoms with Crippen LogP contribution in [0.3, 0.4) is 0 Å². The highest BCUT2D eigenvalue weighted by Gasteiger charge is 2.12. The highest BCUT2D eigenvalue weighted by molar-refractivity contribution is 6.41. The number of hydrogen-bond donors (Lipinski definition) is 2. The van der Waals surface area contributed by atoms with Gasteiger partial charge in [0.2, 0.25) is 0 Å². The van der Waals surface area contributed by atoms with E-state index in [0.29, 0.717) is 10.7 Å². The Balaban J connectivity index is 2.75. The Labute approximate surface area is 86.3 Å². The van der Waals surface area contributed by atoms with Crippen LogP contribution >= 0.6 is 11.6 Å². The van der Waals surface area contributed by atoms with Crippen LogP contribution in [0, 0.1) is 0 Å². The van der Waals surface area contributed by atoms with Crippen LogP contribution in [-0.2, 0) is 9.59 Å². The summed E-state index contributed by atoms with van der Waals surface area (Å²) >= 11 is 5.77. The number of likely N-dealkylation sites (N-methyl/N-ethyl adjacent to an activating group) is 1. The van der Waals surface area contributed by atoms with Crippen LogP contribution in [0.1, 0.15) is 0 Å². The number of para-hydroxylation sites is 1. The molecule has 5 heteroatoms. The maximum Gasteiger partial charge on any atom is 0.313 e. The van der Waals surface area contributed by atoms with E-state index in [0.717, 1.165) is 0 Å². The summed E-state index contributed by atoms with van der Waals surface area (Å²) in [4.78, 5) is 22.0. The Hall–Kier alpha value is -1.55. The number of amides is 2. The van der Waals surface area contributed by atoms with Crippen LogP contribution in [0.4, 0.5) is 5.69 Å². The second kappa shape index (κ2) is 4.62. The van der Waals surface area contributed by atoms with Crippen LogP contribution in [0.2, 0.25) is 5.02 Å². The van der Waals surface area contributed by atoms with Crippen molar-refractivity contribution in [3.05, 3.63) is 29.3 Å². The number of halogens is 1. The molecule has 0 aliphatic rings. The molecular weight excluding hydrogens is 204 g/mol. The van der Waals surface area contributed by atoms with E-state index in [4.69, 9.17) is 11.6 Å². The Bertz CT molecular complexity index is 366. The molecule has 0 aliphatic heterocycles. The van der Waals surface area contributed by atoms with Crippen molar-refractivity contribution >= 4 is 29.1 Å². The first-order valence-corrected chi connectivity index (χ1v) is 4.30. The molecule has 0 bridgehead atoms. The fourth-order valence-electron chi connectivity index (χ4n) is 0.855. The second-order valence-electron chi connectivity index (χ2n) is 2.51. The van der Waals surface area contributed by atoms with Crippen molar-refractivity contribution in [2.24, 2.45) is 0 Å². The Morgan fingerprint density at radius 1 is 1.21 bits per heavy atom. The molecule has 0 aromatic heterocycles. The highest BCUT2D eigenvalue weighted by Crippen LogP contribution is 2.19. The van der Waals surface area contributed by atoms with Gasteiger partial charge in [-0.1, -0.05) is 23.7 Å². The molecule has 0 saturated carbocycles. The number of anilines is 1. The zero-order valence-corrected chi connectivity index (χ0v) is 8.26. The van der Waals surface area contributed by atoms with E-state index in [1.807, 2.05) is 0 Å². The predicted octanol–water partition coefficient (Wildman–Crippen LogP) is 1.02. The first kappa shape index (κ1) is 10.5. The third-order valence-corrected chi connectivity index (χ3v) is 1.88. The lowest BCUT2D eigenvalue weighted by atomic mass is 10.3. The number of hydrogen-bond acceptors (Lipinski definition) is 2. The van der Waals surface area contributed by atoms with Gasteiger partial charge in [-0.25, -0.2) is 0 Å². The van der Waals surface area contributed by atoms with Gasteiger partial charge in [-0.15, -0.1) is 0 Å². The largest absolute Gasteiger partial charge is 0.351 e. The Kier molecular flexibility index (Phi) is 3.48. The standard InChI is InChI=1S/C9H9ClN2O2/c1-11-8(13)9(14)12-7-5-3-2-4-6(7)10/h2-5H,1H3,(H,11,13)(H,12,14). The lowest BCUT2D eigenvalue weighted by Crippen LogP contribution is -2.32. The van der Waals surface area contributed by atoms with Crippen molar-refractivity contribution in [1.29, 1.82) is 0 Å². The van der Waals surface area contributed by atoms with E-state index >= 15 is 0 Å². The van der Waals surface area contributed by atoms with Gasteiger partial charge in [0, 0.05) is 7.05 Å². The van der Waals surface area contributed by atoms with Crippen molar-refractivity contribution in [2.45, 2.75) is 0 Å². The smallest absolute Gasteiger partial charge is 0.313 e. The van der Waals surface area contributed by atoms with Crippen LogP contribution in [0.15, 0.2) is 24.3 Å². The number of carbonyl (C=O) groups excluding carboxylic acids is 2. The lowest BCUT2D eigenvalue weighted by Gasteiger charge is -2.04. The first-order valence-electron chi connectivity index (χ1n) is 3.92. The summed E-state index contributed by atoms with van der Waals surface area (Å²) in [6, 6.07) is 6.69. The lowest BCUT2D eigenvalue weighted by molar-refractivity contribution is -0.135. The molecule has 0 fully saturated rings. The van der Waals surface area contributed by atoms with Crippen LogP contribution in [0.5, 0.6) is 0 Å². The number of rotatable bonds is 1. The molecule has 0 aliphatic carbocycles. The topological polar surface area (TPSA) is 58.2 Å². The minimum atomic E-state index is -0.736. The van der Waals surface area contributed by atoms with Gasteiger partial charge in [-0.2, -0.15) is 0 Å². The van der Waals surface area contributed by atoms with Gasteiger partial charge in [-0.05, 0) is 12.1 Å². The highest BCUT2D eigenvalue weighted by atomic mass is 35.5. The summed E-state index contributed by atoms with van der Waals surface area (Å²) in [5.41, 5.74) is 0.419. The fourth-order valence-corrected chi connectivity index (χ4v) is 1.04. The summed E-state index contributed by atoms with van der Waals surface area (Å²) < 4.78 is 0. The van der Waals surface area contributed by atoms with E-state index in [1.165, 1.54) is 7.05 Å². The summed E-state index contributed by atoms with van der Waals surface area (Å²) in [6.07, 6.45) is 0. The molecule has 2 amide bonds. The number of carbonyl (C=O) groups is 2. The molecule has 2 N–H and O–H groups in total. The monoisotopic (exact) mass is 212 g/mol. The summed E-state index contributed by atoms with van der Waals surface area (Å²) in [7, 11) is 1.38. The summed E-state index contributed by atoms with van der Waals surface area (Å²) in [5, 5.41) is 4.98. The zero-order valence-electron chi connectivity index (χ0n) is 7.50. The normalized spacial score (nSPS) is 9.29. The Morgan fingerprint density at radius 2 is 1.86 bits per heavy atom. The van der Waals surface area contributed by atoms with E-state index in [1.54, 1.807) is 24.3 Å². The van der Waals surface area contributed by atoms with Gasteiger partial charge in [0.25, 0.3) is 0 Å². The molecule has 0 spiro atoms. The van der Waals surface area contributed by atoms with Crippen molar-refractivity contribution in [1.82, 2.24) is 5.32 Å². The molecule has 74 valence electrons. The molecule has 0 radical (unpaired) electrons. The fraction of sp³-hybridized carbons (Fsp3) is 0.111. The van der Waals surface area contributed by atoms with Gasteiger partial charge in [0.05, 0.1) is 10.7 Å². The van der Waals surface area contributed by atoms with Gasteiger partial charge in [0.15, 0.2) is 0 Å². The molecule has 0 saturated heterocycles. The van der Waals surface area contributed by atoms with E-state index in [-0.39, 0.29) is 0 Å². The minimum absolute atomic E-state index is 0.393. The van der Waals surface area contributed by atoms with Crippen LogP contribution in [-0.4, -0.2) is 18.9 Å². The van der Waals surface area contributed by atoms with Gasteiger partial charge < -0.3 is 10.6 Å². The molecule has 1 rings (SSSR count). The summed E-state index contributed by atoms with van der Waals surface area (Å²) in [5.74, 6) is -1.44. The van der Waals surface area contributed by atoms with Crippen molar-refractivity contribution in [3.63, 3.8) is 0 Å². The average molecular weight is 213 g/mol. The molecule has 0 atom stereocenters. The SMILES string of the molecule is CNC(=O)C(=O)Nc1ccccc1Cl. The third-order valence-electron chi connectivity index (χ3n) is 1.56. The van der Waals surface area contributed by atoms with E-state index in [9.17, 15) is 9.59 Å². The molecule has 1 aromatic rings. The zero-order chi connectivity index (χ0) is 10.6. The third kappa shape index (κ3) is 2.47. The first-order chi connectivity index (χ1) is 6.65. The van der Waals surface area contributed by atoms with Crippen LogP contribution in [0.25, 0.3) is 0 Å². The predicted molar refractivity (Wildman–Crippen MR) is 54.1 cm³/mol. The molecule has 0 heterocycles. The molecular formula is C9H9ClN2O2. The number of benzene rings is 1. The maximum absolute atomic E-state index is 11.1. The molecule has 1 aromatic carbocycles. The van der Waals surface area contributed by atoms with E-state index < -0.39 is 11.8 Å². The van der Waals surface area contributed by atoms with E-state index in [2.05, 4.69) is 10.6 Å². The minimum Gasteiger partial charge on any atom is -0.351 e. The average Bonchev–Trinajstić information content (AvgIpc) is 2.20. The number of nitrogens with one attached hydrogen (secondary N) is 2. The van der Waals surface area contributed by atoms with Crippen molar-refractivity contribution in [3.8, 4) is 0 Å². The quantitative estimate of drug-likeness (QED) is 0.683. The molecule has 0 unspecified atom stereocenters. The van der Waals surface area contributed by atoms with Gasteiger partial charge in [-0.3, -0.25) is 9.59 Å². The van der Waals surface area contributed by atoms with Gasteiger partial charge >= 0.3 is 11.8 Å². The second-order valence-corrected chi connectivity index (χ2v) is 2.92. The van der Waals surface area contributed by atoms with Crippen LogP contribution < -0.4 is 10.6 Å². The van der Waals surface area contributed by atoms with Gasteiger partial charge in [0.1, 0.15) is 0 Å². The molecule has 14 heavy (non-hydrogen) atoms. The van der Waals surface area contributed by atoms with Crippen molar-refractivity contribution < 1.29 is 9.59 Å². The summed E-state index contributed by atoms with van der Waals surface area (Å²) in [6.45, 7) is 0. The maximum atomic E-state index is 11.1.